The van der Waals surface area contributed by atoms with Gasteiger partial charge >= 0.3 is 0 Å². The predicted molar refractivity (Wildman–Crippen MR) is 113 cm³/mol. The molecule has 1 amide bonds. The highest BCUT2D eigenvalue weighted by Gasteiger charge is 2.39. The van der Waals surface area contributed by atoms with Crippen LogP contribution in [0.4, 0.5) is 5.69 Å². The molecule has 3 N–H and O–H groups in total. The van der Waals surface area contributed by atoms with Crippen molar-refractivity contribution in [3.05, 3.63) is 22.7 Å². The molecule has 3 unspecified atom stereocenters. The van der Waals surface area contributed by atoms with Crippen LogP contribution in [0.2, 0.25) is 5.02 Å². The van der Waals surface area contributed by atoms with E-state index in [-0.39, 0.29) is 18.1 Å². The first-order chi connectivity index (χ1) is 13.4. The summed E-state index contributed by atoms with van der Waals surface area (Å²) in [6.07, 6.45) is 9.43. The minimum atomic E-state index is -0.107. The van der Waals surface area contributed by atoms with E-state index in [9.17, 15) is 4.79 Å². The van der Waals surface area contributed by atoms with E-state index < -0.39 is 0 Å². The third-order valence-corrected chi connectivity index (χ3v) is 7.48. The molecule has 3 aliphatic rings. The van der Waals surface area contributed by atoms with Gasteiger partial charge in [0.25, 0.3) is 5.91 Å². The van der Waals surface area contributed by atoms with Gasteiger partial charge in [-0.3, -0.25) is 4.79 Å². The number of rotatable bonds is 5. The van der Waals surface area contributed by atoms with Crippen molar-refractivity contribution >= 4 is 23.2 Å². The second-order valence-corrected chi connectivity index (χ2v) is 9.34. The van der Waals surface area contributed by atoms with Crippen molar-refractivity contribution in [2.45, 2.75) is 82.5 Å². The van der Waals surface area contributed by atoms with Crippen LogP contribution in [0.25, 0.3) is 0 Å². The second kappa shape index (κ2) is 8.11. The Balaban J connectivity index is 1.49. The number of amides is 1. The molecule has 154 valence electrons. The number of benzene rings is 1. The normalized spacial score (nSPS) is 29.0. The van der Waals surface area contributed by atoms with E-state index >= 15 is 0 Å². The number of fused-ring (bicyclic) bond motifs is 2. The third kappa shape index (κ3) is 3.97. The van der Waals surface area contributed by atoms with Crippen LogP contribution in [0.15, 0.2) is 12.1 Å². The molecule has 1 aromatic rings. The number of halogens is 1. The Morgan fingerprint density at radius 3 is 2.50 bits per heavy atom. The highest BCUT2D eigenvalue weighted by atomic mass is 35.5. The zero-order chi connectivity index (χ0) is 19.8. The summed E-state index contributed by atoms with van der Waals surface area (Å²) in [5.41, 5.74) is 6.96. The summed E-state index contributed by atoms with van der Waals surface area (Å²) in [6.45, 7) is 2.09. The van der Waals surface area contributed by atoms with Gasteiger partial charge in [-0.05, 0) is 64.5 Å². The number of piperidine rings is 1. The van der Waals surface area contributed by atoms with Gasteiger partial charge in [0, 0.05) is 24.2 Å². The van der Waals surface area contributed by atoms with Crippen molar-refractivity contribution in [1.82, 2.24) is 10.2 Å². The van der Waals surface area contributed by atoms with Gasteiger partial charge in [-0.25, -0.2) is 0 Å². The van der Waals surface area contributed by atoms with E-state index in [2.05, 4.69) is 24.2 Å². The van der Waals surface area contributed by atoms with E-state index in [0.717, 1.165) is 12.8 Å². The molecule has 3 atom stereocenters. The zero-order valence-corrected chi connectivity index (χ0v) is 17.7. The van der Waals surface area contributed by atoms with Gasteiger partial charge < -0.3 is 20.7 Å². The average Bonchev–Trinajstić information content (AvgIpc) is 3.25. The number of nitrogens with one attached hydrogen (secondary N) is 1. The maximum atomic E-state index is 13.1. The minimum absolute atomic E-state index is 0.0637. The number of carbonyl (C=O) groups is 1. The molecule has 1 aliphatic carbocycles. The van der Waals surface area contributed by atoms with Gasteiger partial charge in [-0.2, -0.15) is 0 Å². The molecule has 28 heavy (non-hydrogen) atoms. The Kier molecular flexibility index (Phi) is 5.75. The van der Waals surface area contributed by atoms with E-state index in [0.29, 0.717) is 40.0 Å². The summed E-state index contributed by atoms with van der Waals surface area (Å²) in [4.78, 5) is 15.6. The summed E-state index contributed by atoms with van der Waals surface area (Å²) >= 11 is 6.24. The zero-order valence-electron chi connectivity index (χ0n) is 16.9. The van der Waals surface area contributed by atoms with Crippen LogP contribution in [0.5, 0.6) is 5.75 Å². The summed E-state index contributed by atoms with van der Waals surface area (Å²) in [5, 5.41) is 3.64. The summed E-state index contributed by atoms with van der Waals surface area (Å²) < 4.78 is 6.24. The molecular formula is C22H32ClN3O2. The molecule has 0 spiro atoms. The quantitative estimate of drug-likeness (QED) is 0.719. The van der Waals surface area contributed by atoms with E-state index in [1.807, 2.05) is 0 Å². The molecule has 3 fully saturated rings. The van der Waals surface area contributed by atoms with Crippen LogP contribution in [0.1, 0.15) is 68.6 Å². The first-order valence-electron chi connectivity index (χ1n) is 10.7. The summed E-state index contributed by atoms with van der Waals surface area (Å²) in [7, 11) is 2.20. The van der Waals surface area contributed by atoms with Crippen LogP contribution >= 0.6 is 11.6 Å². The van der Waals surface area contributed by atoms with Gasteiger partial charge in [-0.1, -0.05) is 24.4 Å². The summed E-state index contributed by atoms with van der Waals surface area (Å²) in [5.74, 6) is 0.983. The number of nitrogens with zero attached hydrogens (tertiary/aromatic N) is 1. The van der Waals surface area contributed by atoms with Crippen molar-refractivity contribution < 1.29 is 9.53 Å². The number of nitrogen functional groups attached to an aromatic ring is 1. The molecule has 2 bridgehead atoms. The minimum Gasteiger partial charge on any atom is -0.490 e. The fourth-order valence-electron chi connectivity index (χ4n) is 5.36. The monoisotopic (exact) mass is 405 g/mol. The lowest BCUT2D eigenvalue weighted by Crippen LogP contribution is -2.48. The largest absolute Gasteiger partial charge is 0.490 e. The van der Waals surface area contributed by atoms with Crippen LogP contribution < -0.4 is 15.8 Å². The Morgan fingerprint density at radius 1 is 1.21 bits per heavy atom. The van der Waals surface area contributed by atoms with Crippen molar-refractivity contribution in [3.63, 3.8) is 0 Å². The Hall–Kier alpha value is -1.46. The van der Waals surface area contributed by atoms with E-state index in [4.69, 9.17) is 22.1 Å². The van der Waals surface area contributed by atoms with Crippen LogP contribution in [0, 0.1) is 5.92 Å². The molecule has 6 heteroatoms. The van der Waals surface area contributed by atoms with Crippen molar-refractivity contribution in [2.24, 2.45) is 5.92 Å². The fraction of sp³-hybridized carbons (Fsp3) is 0.682. The lowest BCUT2D eigenvalue weighted by molar-refractivity contribution is 0.0871. The number of nitrogens with two attached hydrogens (primary N) is 1. The molecule has 2 aliphatic heterocycles. The van der Waals surface area contributed by atoms with Crippen LogP contribution in [0.3, 0.4) is 0 Å². The first-order valence-corrected chi connectivity index (χ1v) is 11.1. The smallest absolute Gasteiger partial charge is 0.255 e. The van der Waals surface area contributed by atoms with Crippen LogP contribution in [-0.2, 0) is 0 Å². The maximum Gasteiger partial charge on any atom is 0.255 e. The Morgan fingerprint density at radius 2 is 1.86 bits per heavy atom. The van der Waals surface area contributed by atoms with Gasteiger partial charge in [-0.15, -0.1) is 0 Å². The van der Waals surface area contributed by atoms with E-state index in [1.165, 1.54) is 38.5 Å². The molecule has 1 aromatic carbocycles. The van der Waals surface area contributed by atoms with Crippen molar-refractivity contribution in [3.8, 4) is 5.75 Å². The van der Waals surface area contributed by atoms with Gasteiger partial charge in [0.1, 0.15) is 5.75 Å². The van der Waals surface area contributed by atoms with Crippen molar-refractivity contribution in [1.29, 1.82) is 0 Å². The SMILES string of the molecule is CC(Oc1cc(N)c(Cl)cc1C(=O)NC1CC2CCC(C1)N2C)C1CCCC1. The average molecular weight is 406 g/mol. The first kappa shape index (κ1) is 19.8. The molecule has 0 radical (unpaired) electrons. The number of hydrogen-bond donors (Lipinski definition) is 2. The lowest BCUT2D eigenvalue weighted by Gasteiger charge is -2.36. The Bertz CT molecular complexity index is 721. The number of anilines is 1. The summed E-state index contributed by atoms with van der Waals surface area (Å²) in [6, 6.07) is 4.74. The molecule has 2 saturated heterocycles. The molecule has 1 saturated carbocycles. The fourth-order valence-corrected chi connectivity index (χ4v) is 5.52. The van der Waals surface area contributed by atoms with Gasteiger partial charge in [0.05, 0.1) is 22.4 Å². The third-order valence-electron chi connectivity index (χ3n) is 7.15. The van der Waals surface area contributed by atoms with Gasteiger partial charge in [0.15, 0.2) is 0 Å². The number of carbonyl (C=O) groups excluding carboxylic acids is 1. The molecule has 5 nitrogen and oxygen atoms in total. The molecule has 4 rings (SSSR count). The molecular weight excluding hydrogens is 374 g/mol. The maximum absolute atomic E-state index is 13.1. The Labute approximate surface area is 172 Å². The predicted octanol–water partition coefficient (Wildman–Crippen LogP) is 4.23. The lowest BCUT2D eigenvalue weighted by atomic mass is 9.97. The highest BCUT2D eigenvalue weighted by Crippen LogP contribution is 2.36. The second-order valence-electron chi connectivity index (χ2n) is 8.93. The van der Waals surface area contributed by atoms with Crippen molar-refractivity contribution in [2.75, 3.05) is 12.8 Å². The highest BCUT2D eigenvalue weighted by molar-refractivity contribution is 6.33. The number of hydrogen-bond acceptors (Lipinski definition) is 4. The van der Waals surface area contributed by atoms with Crippen LogP contribution in [-0.4, -0.2) is 42.1 Å². The molecule has 0 aromatic heterocycles. The molecule has 2 heterocycles. The number of ether oxygens (including phenoxy) is 1. The van der Waals surface area contributed by atoms with Gasteiger partial charge in [0.2, 0.25) is 0 Å². The topological polar surface area (TPSA) is 67.6 Å². The van der Waals surface area contributed by atoms with E-state index in [1.54, 1.807) is 12.1 Å². The standard InChI is InChI=1S/C22H32ClN3O2/c1-13(14-5-3-4-6-14)28-21-12-20(24)19(23)11-18(21)22(27)25-15-9-16-7-8-17(10-15)26(16)2/h11-17H,3-10,24H2,1-2H3,(H,25,27).